The fraction of sp³-hybridized carbons (Fsp3) is 0.538. The van der Waals surface area contributed by atoms with Gasteiger partial charge in [0, 0.05) is 5.54 Å². The third-order valence-corrected chi connectivity index (χ3v) is 4.52. The molecule has 0 atom stereocenters. The molecule has 1 heterocycles. The Morgan fingerprint density at radius 1 is 1.28 bits per heavy atom. The third-order valence-electron chi connectivity index (χ3n) is 2.77. The van der Waals surface area contributed by atoms with Gasteiger partial charge in [-0.3, -0.25) is 0 Å². The Morgan fingerprint density at radius 3 is 2.28 bits per heavy atom. The number of rotatable bonds is 4. The smallest absolute Gasteiger partial charge is 0.157 e. The number of hydrogen-bond donors (Lipinski definition) is 1. The van der Waals surface area contributed by atoms with Gasteiger partial charge in [0.05, 0.1) is 11.5 Å². The lowest BCUT2D eigenvalue weighted by molar-refractivity contribution is 0.230. The molecule has 100 valence electrons. The first-order valence-corrected chi connectivity index (χ1v) is 7.81. The molecule has 0 unspecified atom stereocenters. The Kier molecular flexibility index (Phi) is 3.38. The standard InChI is InChI=1S/C13H19NO3S/c1-13(2,14)7-10-3-5-11(6-4-10)17-12-8-18(15,16)9-12/h3-6,12H,7-9,14H2,1-2H3. The number of hydrogen-bond acceptors (Lipinski definition) is 4. The van der Waals surface area contributed by atoms with Crippen molar-refractivity contribution in [1.82, 2.24) is 0 Å². The second-order valence-corrected chi connectivity index (χ2v) is 7.78. The van der Waals surface area contributed by atoms with Crippen LogP contribution in [0.4, 0.5) is 0 Å². The number of nitrogens with two attached hydrogens (primary N) is 1. The lowest BCUT2D eigenvalue weighted by atomic mass is 9.96. The Balaban J connectivity index is 1.92. The molecule has 0 amide bonds. The molecule has 5 heteroatoms. The predicted molar refractivity (Wildman–Crippen MR) is 71.5 cm³/mol. The zero-order valence-corrected chi connectivity index (χ0v) is 11.5. The highest BCUT2D eigenvalue weighted by molar-refractivity contribution is 7.92. The van der Waals surface area contributed by atoms with E-state index in [1.54, 1.807) is 0 Å². The molecule has 2 rings (SSSR count). The van der Waals surface area contributed by atoms with Crippen LogP contribution in [0.1, 0.15) is 19.4 Å². The fourth-order valence-electron chi connectivity index (χ4n) is 1.99. The van der Waals surface area contributed by atoms with Gasteiger partial charge in [-0.15, -0.1) is 0 Å². The van der Waals surface area contributed by atoms with Crippen LogP contribution >= 0.6 is 0 Å². The van der Waals surface area contributed by atoms with Gasteiger partial charge in [0.25, 0.3) is 0 Å². The molecule has 0 aliphatic carbocycles. The molecule has 1 fully saturated rings. The fourth-order valence-corrected chi connectivity index (χ4v) is 3.16. The first kappa shape index (κ1) is 13.4. The quantitative estimate of drug-likeness (QED) is 0.890. The molecule has 1 aliphatic heterocycles. The van der Waals surface area contributed by atoms with Gasteiger partial charge >= 0.3 is 0 Å². The molecular formula is C13H19NO3S. The zero-order valence-electron chi connectivity index (χ0n) is 10.7. The van der Waals surface area contributed by atoms with Gasteiger partial charge in [0.15, 0.2) is 9.84 Å². The second kappa shape index (κ2) is 4.55. The summed E-state index contributed by atoms with van der Waals surface area (Å²) in [5, 5.41) is 0. The normalized spacial score (nSPS) is 19.3. The van der Waals surface area contributed by atoms with E-state index < -0.39 is 9.84 Å². The molecule has 1 aromatic carbocycles. The van der Waals surface area contributed by atoms with Gasteiger partial charge in [0.2, 0.25) is 0 Å². The average molecular weight is 269 g/mol. The lowest BCUT2D eigenvalue weighted by Gasteiger charge is -2.26. The maximum atomic E-state index is 11.0. The third kappa shape index (κ3) is 3.71. The van der Waals surface area contributed by atoms with Crippen LogP contribution in [-0.4, -0.2) is 31.6 Å². The molecular weight excluding hydrogens is 250 g/mol. The molecule has 0 aromatic heterocycles. The summed E-state index contributed by atoms with van der Waals surface area (Å²) in [6.45, 7) is 3.97. The van der Waals surface area contributed by atoms with Crippen molar-refractivity contribution in [1.29, 1.82) is 0 Å². The van der Waals surface area contributed by atoms with Crippen molar-refractivity contribution >= 4 is 9.84 Å². The largest absolute Gasteiger partial charge is 0.488 e. The Bertz CT molecular complexity index is 502. The van der Waals surface area contributed by atoms with Crippen molar-refractivity contribution in [2.24, 2.45) is 5.73 Å². The number of benzene rings is 1. The summed E-state index contributed by atoms with van der Waals surface area (Å²) in [6, 6.07) is 7.67. The molecule has 0 bridgehead atoms. The summed E-state index contributed by atoms with van der Waals surface area (Å²) in [5.41, 5.74) is 6.87. The molecule has 1 aromatic rings. The first-order chi connectivity index (χ1) is 8.23. The topological polar surface area (TPSA) is 69.4 Å². The van der Waals surface area contributed by atoms with Gasteiger partial charge in [0.1, 0.15) is 11.9 Å². The molecule has 1 saturated heterocycles. The average Bonchev–Trinajstić information content (AvgIpc) is 2.16. The van der Waals surface area contributed by atoms with E-state index >= 15 is 0 Å². The summed E-state index contributed by atoms with van der Waals surface area (Å²) in [6.07, 6.45) is 0.609. The molecule has 0 radical (unpaired) electrons. The van der Waals surface area contributed by atoms with Crippen LogP contribution in [-0.2, 0) is 16.3 Å². The van der Waals surface area contributed by atoms with Gasteiger partial charge in [-0.25, -0.2) is 8.42 Å². The van der Waals surface area contributed by atoms with Crippen LogP contribution in [0.5, 0.6) is 5.75 Å². The highest BCUT2D eigenvalue weighted by Crippen LogP contribution is 2.21. The highest BCUT2D eigenvalue weighted by atomic mass is 32.2. The second-order valence-electron chi connectivity index (χ2n) is 5.63. The van der Waals surface area contributed by atoms with Crippen molar-refractivity contribution in [2.75, 3.05) is 11.5 Å². The van der Waals surface area contributed by atoms with E-state index in [4.69, 9.17) is 10.5 Å². The summed E-state index contributed by atoms with van der Waals surface area (Å²) in [5.74, 6) is 0.975. The van der Waals surface area contributed by atoms with E-state index in [9.17, 15) is 8.42 Å². The van der Waals surface area contributed by atoms with Gasteiger partial charge < -0.3 is 10.5 Å². The Morgan fingerprint density at radius 2 is 1.83 bits per heavy atom. The van der Waals surface area contributed by atoms with E-state index in [0.717, 1.165) is 12.0 Å². The van der Waals surface area contributed by atoms with Crippen LogP contribution in [0, 0.1) is 0 Å². The summed E-state index contributed by atoms with van der Waals surface area (Å²) >= 11 is 0. The molecule has 4 nitrogen and oxygen atoms in total. The summed E-state index contributed by atoms with van der Waals surface area (Å²) < 4.78 is 27.6. The van der Waals surface area contributed by atoms with E-state index in [1.165, 1.54) is 0 Å². The summed E-state index contributed by atoms with van der Waals surface area (Å²) in [7, 11) is -2.82. The van der Waals surface area contributed by atoms with Crippen LogP contribution in [0.15, 0.2) is 24.3 Å². The zero-order chi connectivity index (χ0) is 13.4. The van der Waals surface area contributed by atoms with Crippen molar-refractivity contribution in [3.05, 3.63) is 29.8 Å². The van der Waals surface area contributed by atoms with Crippen molar-refractivity contribution < 1.29 is 13.2 Å². The van der Waals surface area contributed by atoms with E-state index in [0.29, 0.717) is 5.75 Å². The number of sulfone groups is 1. The van der Waals surface area contributed by atoms with Gasteiger partial charge in [-0.1, -0.05) is 12.1 Å². The van der Waals surface area contributed by atoms with Crippen LogP contribution < -0.4 is 10.5 Å². The Labute approximate surface area is 108 Å². The van der Waals surface area contributed by atoms with Crippen LogP contribution in [0.25, 0.3) is 0 Å². The minimum absolute atomic E-state index is 0.130. The molecule has 2 N–H and O–H groups in total. The monoisotopic (exact) mass is 269 g/mol. The highest BCUT2D eigenvalue weighted by Gasteiger charge is 2.35. The van der Waals surface area contributed by atoms with E-state index in [1.807, 2.05) is 38.1 Å². The maximum Gasteiger partial charge on any atom is 0.157 e. The molecule has 18 heavy (non-hydrogen) atoms. The minimum Gasteiger partial charge on any atom is -0.488 e. The lowest BCUT2D eigenvalue weighted by Crippen LogP contribution is -2.45. The predicted octanol–water partition coefficient (Wildman–Crippen LogP) is 1.14. The minimum atomic E-state index is -2.82. The van der Waals surface area contributed by atoms with Crippen LogP contribution in [0.3, 0.4) is 0 Å². The maximum absolute atomic E-state index is 11.0. The number of ether oxygens (including phenoxy) is 1. The first-order valence-electron chi connectivity index (χ1n) is 5.98. The molecule has 1 aliphatic rings. The van der Waals surface area contributed by atoms with Crippen molar-refractivity contribution in [2.45, 2.75) is 31.9 Å². The van der Waals surface area contributed by atoms with Gasteiger partial charge in [-0.05, 0) is 38.0 Å². The Hall–Kier alpha value is -1.07. The SMILES string of the molecule is CC(C)(N)Cc1ccc(OC2CS(=O)(=O)C2)cc1. The van der Waals surface area contributed by atoms with Crippen molar-refractivity contribution in [3.8, 4) is 5.75 Å². The van der Waals surface area contributed by atoms with E-state index in [-0.39, 0.29) is 23.1 Å². The summed E-state index contributed by atoms with van der Waals surface area (Å²) in [4.78, 5) is 0. The van der Waals surface area contributed by atoms with E-state index in [2.05, 4.69) is 0 Å². The molecule has 0 saturated carbocycles. The van der Waals surface area contributed by atoms with Crippen LogP contribution in [0.2, 0.25) is 0 Å². The van der Waals surface area contributed by atoms with Gasteiger partial charge in [-0.2, -0.15) is 0 Å². The van der Waals surface area contributed by atoms with Crippen molar-refractivity contribution in [3.63, 3.8) is 0 Å². The molecule has 0 spiro atoms.